The second kappa shape index (κ2) is 4.87. The van der Waals surface area contributed by atoms with E-state index in [9.17, 15) is 9.90 Å². The van der Waals surface area contributed by atoms with Gasteiger partial charge in [-0.3, -0.25) is 9.78 Å². The molecule has 0 aliphatic heterocycles. The number of carbonyl (C=O) groups is 1. The van der Waals surface area contributed by atoms with Crippen molar-refractivity contribution in [3.05, 3.63) is 53.3 Å². The predicted octanol–water partition coefficient (Wildman–Crippen LogP) is 2.66. The summed E-state index contributed by atoms with van der Waals surface area (Å²) in [5, 5.41) is 12.4. The fraction of sp³-hybridized carbons (Fsp3) is 0.143. The molecule has 0 unspecified atom stereocenters. The van der Waals surface area contributed by atoms with E-state index in [1.54, 1.807) is 30.5 Å². The number of nitrogens with zero attached hydrogens (tertiary/aromatic N) is 1. The third-order valence-corrected chi connectivity index (χ3v) is 2.57. The van der Waals surface area contributed by atoms with Crippen LogP contribution in [0.4, 0.5) is 5.69 Å². The van der Waals surface area contributed by atoms with E-state index in [2.05, 4.69) is 10.3 Å². The molecule has 0 saturated carbocycles. The van der Waals surface area contributed by atoms with Crippen molar-refractivity contribution < 1.29 is 9.90 Å². The molecule has 2 aromatic rings. The number of phenolic OH excluding ortho intramolecular Hbond substituents is 1. The average molecular weight is 242 g/mol. The first kappa shape index (κ1) is 12.1. The van der Waals surface area contributed by atoms with Crippen LogP contribution in [-0.2, 0) is 0 Å². The number of aromatic nitrogens is 1. The molecule has 1 heterocycles. The molecule has 0 spiro atoms. The van der Waals surface area contributed by atoms with Gasteiger partial charge in [0, 0.05) is 5.69 Å². The summed E-state index contributed by atoms with van der Waals surface area (Å²) in [4.78, 5) is 16.0. The maximum absolute atomic E-state index is 11.9. The Kier molecular flexibility index (Phi) is 3.28. The molecule has 4 heteroatoms. The average Bonchev–Trinajstić information content (AvgIpc) is 2.32. The van der Waals surface area contributed by atoms with E-state index >= 15 is 0 Å². The summed E-state index contributed by atoms with van der Waals surface area (Å²) < 4.78 is 0. The quantitative estimate of drug-likeness (QED) is 0.851. The van der Waals surface area contributed by atoms with Crippen LogP contribution < -0.4 is 5.32 Å². The molecular formula is C14H14N2O2. The topological polar surface area (TPSA) is 62.2 Å². The summed E-state index contributed by atoms with van der Waals surface area (Å²) in [6.07, 6.45) is 1.58. The second-order valence-electron chi connectivity index (χ2n) is 4.16. The number of aromatic hydroxyl groups is 1. The monoisotopic (exact) mass is 242 g/mol. The van der Waals surface area contributed by atoms with Gasteiger partial charge in [-0.1, -0.05) is 6.07 Å². The molecule has 2 rings (SSSR count). The summed E-state index contributed by atoms with van der Waals surface area (Å²) in [7, 11) is 0. The first-order valence-corrected chi connectivity index (χ1v) is 5.60. The molecule has 0 radical (unpaired) electrons. The van der Waals surface area contributed by atoms with Gasteiger partial charge < -0.3 is 10.4 Å². The SMILES string of the molecule is Cc1ccc(C(=O)Nc2ccc(C)nc2)c(O)c1. The number of pyridine rings is 1. The summed E-state index contributed by atoms with van der Waals surface area (Å²) in [5.74, 6) is -0.370. The van der Waals surface area contributed by atoms with Crippen molar-refractivity contribution in [1.82, 2.24) is 4.98 Å². The third-order valence-electron chi connectivity index (χ3n) is 2.57. The van der Waals surface area contributed by atoms with E-state index in [0.717, 1.165) is 11.3 Å². The number of phenols is 1. The van der Waals surface area contributed by atoms with Crippen molar-refractivity contribution in [2.45, 2.75) is 13.8 Å². The Bertz CT molecular complexity index is 577. The van der Waals surface area contributed by atoms with Crippen LogP contribution in [-0.4, -0.2) is 16.0 Å². The lowest BCUT2D eigenvalue weighted by Gasteiger charge is -2.07. The Labute approximate surface area is 105 Å². The molecule has 1 aromatic carbocycles. The zero-order chi connectivity index (χ0) is 13.1. The van der Waals surface area contributed by atoms with E-state index < -0.39 is 0 Å². The molecule has 0 bridgehead atoms. The molecule has 1 amide bonds. The maximum Gasteiger partial charge on any atom is 0.259 e. The van der Waals surface area contributed by atoms with Gasteiger partial charge in [0.05, 0.1) is 17.4 Å². The second-order valence-corrected chi connectivity index (χ2v) is 4.16. The minimum absolute atomic E-state index is 0.0208. The lowest BCUT2D eigenvalue weighted by molar-refractivity contribution is 0.102. The van der Waals surface area contributed by atoms with Crippen LogP contribution in [0.5, 0.6) is 5.75 Å². The van der Waals surface area contributed by atoms with Crippen molar-refractivity contribution in [1.29, 1.82) is 0 Å². The van der Waals surface area contributed by atoms with Gasteiger partial charge in [0.15, 0.2) is 0 Å². The Morgan fingerprint density at radius 3 is 2.61 bits per heavy atom. The van der Waals surface area contributed by atoms with Gasteiger partial charge in [-0.05, 0) is 43.7 Å². The van der Waals surface area contributed by atoms with Crippen LogP contribution in [0.2, 0.25) is 0 Å². The number of nitrogens with one attached hydrogen (secondary N) is 1. The number of aryl methyl sites for hydroxylation is 2. The van der Waals surface area contributed by atoms with E-state index in [-0.39, 0.29) is 17.2 Å². The first-order chi connectivity index (χ1) is 8.56. The molecule has 92 valence electrons. The molecule has 18 heavy (non-hydrogen) atoms. The minimum atomic E-state index is -0.349. The molecular weight excluding hydrogens is 228 g/mol. The summed E-state index contributed by atoms with van der Waals surface area (Å²) in [6, 6.07) is 8.52. The van der Waals surface area contributed by atoms with Gasteiger partial charge in [0.25, 0.3) is 5.91 Å². The summed E-state index contributed by atoms with van der Waals surface area (Å²) in [6.45, 7) is 3.72. The fourth-order valence-corrected chi connectivity index (χ4v) is 1.57. The highest BCUT2D eigenvalue weighted by molar-refractivity contribution is 6.06. The van der Waals surface area contributed by atoms with Crippen LogP contribution in [0.1, 0.15) is 21.6 Å². The number of amides is 1. The van der Waals surface area contributed by atoms with Crippen molar-refractivity contribution in [3.63, 3.8) is 0 Å². The zero-order valence-electron chi connectivity index (χ0n) is 10.3. The van der Waals surface area contributed by atoms with E-state index in [1.807, 2.05) is 19.9 Å². The third kappa shape index (κ3) is 2.66. The Morgan fingerprint density at radius 2 is 2.00 bits per heavy atom. The molecule has 0 saturated heterocycles. The van der Waals surface area contributed by atoms with Gasteiger partial charge >= 0.3 is 0 Å². The van der Waals surface area contributed by atoms with Gasteiger partial charge in [-0.25, -0.2) is 0 Å². The Morgan fingerprint density at radius 1 is 1.22 bits per heavy atom. The van der Waals surface area contributed by atoms with Crippen LogP contribution in [0, 0.1) is 13.8 Å². The lowest BCUT2D eigenvalue weighted by atomic mass is 10.1. The molecule has 0 aliphatic rings. The summed E-state index contributed by atoms with van der Waals surface area (Å²) in [5.41, 5.74) is 2.64. The largest absolute Gasteiger partial charge is 0.507 e. The normalized spacial score (nSPS) is 10.1. The highest BCUT2D eigenvalue weighted by Gasteiger charge is 2.11. The van der Waals surface area contributed by atoms with E-state index in [4.69, 9.17) is 0 Å². The fourth-order valence-electron chi connectivity index (χ4n) is 1.57. The lowest BCUT2D eigenvalue weighted by Crippen LogP contribution is -2.12. The van der Waals surface area contributed by atoms with Crippen LogP contribution in [0.3, 0.4) is 0 Å². The van der Waals surface area contributed by atoms with E-state index in [0.29, 0.717) is 5.69 Å². The number of anilines is 1. The smallest absolute Gasteiger partial charge is 0.259 e. The number of hydrogen-bond acceptors (Lipinski definition) is 3. The molecule has 0 aliphatic carbocycles. The highest BCUT2D eigenvalue weighted by Crippen LogP contribution is 2.19. The standard InChI is InChI=1S/C14H14N2O2/c1-9-3-6-12(13(17)7-9)14(18)16-11-5-4-10(2)15-8-11/h3-8,17H,1-2H3,(H,16,18). The van der Waals surface area contributed by atoms with Crippen molar-refractivity contribution in [2.24, 2.45) is 0 Å². The van der Waals surface area contributed by atoms with Crippen LogP contribution in [0.15, 0.2) is 36.5 Å². The molecule has 0 fully saturated rings. The molecule has 2 N–H and O–H groups in total. The van der Waals surface area contributed by atoms with E-state index in [1.165, 1.54) is 0 Å². The van der Waals surface area contributed by atoms with Gasteiger partial charge in [0.2, 0.25) is 0 Å². The van der Waals surface area contributed by atoms with Crippen molar-refractivity contribution in [2.75, 3.05) is 5.32 Å². The highest BCUT2D eigenvalue weighted by atomic mass is 16.3. The summed E-state index contributed by atoms with van der Waals surface area (Å²) >= 11 is 0. The maximum atomic E-state index is 11.9. The number of carbonyl (C=O) groups excluding carboxylic acids is 1. The van der Waals surface area contributed by atoms with Gasteiger partial charge in [-0.2, -0.15) is 0 Å². The molecule has 1 aromatic heterocycles. The zero-order valence-corrected chi connectivity index (χ0v) is 10.3. The van der Waals surface area contributed by atoms with Crippen LogP contribution >= 0.6 is 0 Å². The number of hydrogen-bond donors (Lipinski definition) is 2. The predicted molar refractivity (Wildman–Crippen MR) is 69.8 cm³/mol. The molecule has 4 nitrogen and oxygen atoms in total. The van der Waals surface area contributed by atoms with Crippen molar-refractivity contribution in [3.8, 4) is 5.75 Å². The number of benzene rings is 1. The van der Waals surface area contributed by atoms with Gasteiger partial charge in [-0.15, -0.1) is 0 Å². The minimum Gasteiger partial charge on any atom is -0.507 e. The molecule has 0 atom stereocenters. The Balaban J connectivity index is 2.19. The van der Waals surface area contributed by atoms with Crippen molar-refractivity contribution >= 4 is 11.6 Å². The first-order valence-electron chi connectivity index (χ1n) is 5.60. The Hall–Kier alpha value is -2.36. The van der Waals surface area contributed by atoms with Crippen LogP contribution in [0.25, 0.3) is 0 Å². The van der Waals surface area contributed by atoms with Gasteiger partial charge in [0.1, 0.15) is 5.75 Å². The number of rotatable bonds is 2.